The number of hydrogen-bond donors (Lipinski definition) is 1. The first-order chi connectivity index (χ1) is 9.74. The Hall–Kier alpha value is -0.940. The van der Waals surface area contributed by atoms with E-state index in [1.807, 2.05) is 0 Å². The standard InChI is InChI=1S/C15H25N3O2/c19-14-5-3-9-18(14)15(20)11-17(13-6-7-13)10-12-4-1-2-8-16-12/h12-13,16H,1-11H2. The van der Waals surface area contributed by atoms with Gasteiger partial charge in [-0.15, -0.1) is 0 Å². The molecule has 0 radical (unpaired) electrons. The van der Waals surface area contributed by atoms with Crippen LogP contribution in [0, 0.1) is 0 Å². The maximum Gasteiger partial charge on any atom is 0.243 e. The zero-order valence-corrected chi connectivity index (χ0v) is 12.1. The predicted molar refractivity (Wildman–Crippen MR) is 76.2 cm³/mol. The number of likely N-dealkylation sites (tertiary alicyclic amines) is 1. The highest BCUT2D eigenvalue weighted by Crippen LogP contribution is 2.27. The molecule has 2 amide bonds. The van der Waals surface area contributed by atoms with Crippen molar-refractivity contribution in [1.29, 1.82) is 0 Å². The van der Waals surface area contributed by atoms with Gasteiger partial charge < -0.3 is 5.32 Å². The molecule has 3 fully saturated rings. The van der Waals surface area contributed by atoms with E-state index < -0.39 is 0 Å². The third-order valence-corrected chi connectivity index (χ3v) is 4.64. The smallest absolute Gasteiger partial charge is 0.243 e. The summed E-state index contributed by atoms with van der Waals surface area (Å²) >= 11 is 0. The average molecular weight is 279 g/mol. The first-order valence-corrected chi connectivity index (χ1v) is 8.04. The lowest BCUT2D eigenvalue weighted by atomic mass is 10.0. The van der Waals surface area contributed by atoms with Gasteiger partial charge in [0.2, 0.25) is 11.8 Å². The summed E-state index contributed by atoms with van der Waals surface area (Å²) in [6.07, 6.45) is 7.54. The van der Waals surface area contributed by atoms with Crippen molar-refractivity contribution >= 4 is 11.8 Å². The number of piperidine rings is 1. The fourth-order valence-corrected chi connectivity index (χ4v) is 3.32. The monoisotopic (exact) mass is 279 g/mol. The van der Waals surface area contributed by atoms with Crippen molar-refractivity contribution < 1.29 is 9.59 Å². The molecule has 2 aliphatic heterocycles. The molecule has 3 rings (SSSR count). The molecule has 2 saturated heterocycles. The number of nitrogens with one attached hydrogen (secondary N) is 1. The van der Waals surface area contributed by atoms with Gasteiger partial charge in [-0.25, -0.2) is 0 Å². The van der Waals surface area contributed by atoms with Gasteiger partial charge in [-0.3, -0.25) is 19.4 Å². The zero-order chi connectivity index (χ0) is 13.9. The van der Waals surface area contributed by atoms with E-state index in [2.05, 4.69) is 10.2 Å². The number of amides is 2. The van der Waals surface area contributed by atoms with Gasteiger partial charge in [-0.1, -0.05) is 6.42 Å². The summed E-state index contributed by atoms with van der Waals surface area (Å²) in [6, 6.07) is 1.09. The van der Waals surface area contributed by atoms with E-state index >= 15 is 0 Å². The minimum absolute atomic E-state index is 0.00945. The first-order valence-electron chi connectivity index (χ1n) is 8.04. The maximum absolute atomic E-state index is 12.3. The van der Waals surface area contributed by atoms with Gasteiger partial charge in [0.15, 0.2) is 0 Å². The molecule has 5 heteroatoms. The maximum atomic E-state index is 12.3. The number of carbonyl (C=O) groups is 2. The second-order valence-corrected chi connectivity index (χ2v) is 6.35. The third kappa shape index (κ3) is 3.38. The Morgan fingerprint density at radius 3 is 2.70 bits per heavy atom. The molecule has 112 valence electrons. The Morgan fingerprint density at radius 1 is 1.25 bits per heavy atom. The van der Waals surface area contributed by atoms with E-state index in [0.717, 1.165) is 19.5 Å². The summed E-state index contributed by atoms with van der Waals surface area (Å²) in [6.45, 7) is 3.10. The van der Waals surface area contributed by atoms with Crippen molar-refractivity contribution in [2.24, 2.45) is 0 Å². The molecule has 1 atom stereocenters. The van der Waals surface area contributed by atoms with Crippen molar-refractivity contribution in [2.75, 3.05) is 26.2 Å². The van der Waals surface area contributed by atoms with Crippen molar-refractivity contribution in [3.8, 4) is 0 Å². The lowest BCUT2D eigenvalue weighted by Crippen LogP contribution is -2.48. The lowest BCUT2D eigenvalue weighted by molar-refractivity contribution is -0.142. The summed E-state index contributed by atoms with van der Waals surface area (Å²) < 4.78 is 0. The summed E-state index contributed by atoms with van der Waals surface area (Å²) in [4.78, 5) is 27.7. The molecule has 0 aromatic heterocycles. The highest BCUT2D eigenvalue weighted by molar-refractivity contribution is 5.97. The Labute approximate surface area is 120 Å². The molecule has 0 aromatic rings. The van der Waals surface area contributed by atoms with Crippen LogP contribution in [0.25, 0.3) is 0 Å². The summed E-state index contributed by atoms with van der Waals surface area (Å²) in [5.74, 6) is 0.0248. The van der Waals surface area contributed by atoms with Crippen molar-refractivity contribution in [3.05, 3.63) is 0 Å². The van der Waals surface area contributed by atoms with Crippen LogP contribution in [0.1, 0.15) is 44.9 Å². The normalized spacial score (nSPS) is 27.4. The van der Waals surface area contributed by atoms with Gasteiger partial charge in [0.25, 0.3) is 0 Å². The number of imide groups is 1. The largest absolute Gasteiger partial charge is 0.313 e. The lowest BCUT2D eigenvalue weighted by Gasteiger charge is -2.31. The number of carbonyl (C=O) groups excluding carboxylic acids is 2. The van der Waals surface area contributed by atoms with Gasteiger partial charge in [0.05, 0.1) is 6.54 Å². The molecule has 1 aliphatic carbocycles. The molecule has 1 saturated carbocycles. The van der Waals surface area contributed by atoms with Gasteiger partial charge in [-0.2, -0.15) is 0 Å². The van der Waals surface area contributed by atoms with E-state index in [0.29, 0.717) is 31.6 Å². The van der Waals surface area contributed by atoms with E-state index in [4.69, 9.17) is 0 Å². The molecule has 0 spiro atoms. The number of hydrogen-bond acceptors (Lipinski definition) is 4. The van der Waals surface area contributed by atoms with Crippen molar-refractivity contribution in [3.63, 3.8) is 0 Å². The van der Waals surface area contributed by atoms with Gasteiger partial charge in [-0.05, 0) is 38.6 Å². The van der Waals surface area contributed by atoms with Crippen LogP contribution in [0.15, 0.2) is 0 Å². The molecule has 0 aromatic carbocycles. The van der Waals surface area contributed by atoms with Crippen molar-refractivity contribution in [2.45, 2.75) is 57.0 Å². The Balaban J connectivity index is 1.53. The second-order valence-electron chi connectivity index (χ2n) is 6.35. The van der Waals surface area contributed by atoms with Gasteiger partial charge >= 0.3 is 0 Å². The molecule has 2 heterocycles. The van der Waals surface area contributed by atoms with E-state index in [1.165, 1.54) is 37.0 Å². The molecule has 5 nitrogen and oxygen atoms in total. The fourth-order valence-electron chi connectivity index (χ4n) is 3.32. The molecule has 0 bridgehead atoms. The number of nitrogens with zero attached hydrogens (tertiary/aromatic N) is 2. The van der Waals surface area contributed by atoms with Crippen LogP contribution in [0.3, 0.4) is 0 Å². The molecule has 1 N–H and O–H groups in total. The van der Waals surface area contributed by atoms with Crippen LogP contribution in [0.2, 0.25) is 0 Å². The van der Waals surface area contributed by atoms with E-state index in [1.54, 1.807) is 0 Å². The van der Waals surface area contributed by atoms with E-state index in [9.17, 15) is 9.59 Å². The SMILES string of the molecule is O=C1CCCN1C(=O)CN(CC1CCCCN1)C1CC1. The second kappa shape index (κ2) is 6.22. The average Bonchev–Trinajstić information content (AvgIpc) is 3.21. The summed E-state index contributed by atoms with van der Waals surface area (Å²) in [7, 11) is 0. The molecule has 1 unspecified atom stereocenters. The van der Waals surface area contributed by atoms with Gasteiger partial charge in [0.1, 0.15) is 0 Å². The Kier molecular flexibility index (Phi) is 4.36. The fraction of sp³-hybridized carbons (Fsp3) is 0.867. The quantitative estimate of drug-likeness (QED) is 0.806. The molecule has 20 heavy (non-hydrogen) atoms. The minimum atomic E-state index is 0.00945. The van der Waals surface area contributed by atoms with Crippen LogP contribution in [-0.2, 0) is 9.59 Å². The highest BCUT2D eigenvalue weighted by Gasteiger charge is 2.34. The van der Waals surface area contributed by atoms with Gasteiger partial charge in [0, 0.05) is 31.6 Å². The van der Waals surface area contributed by atoms with Crippen LogP contribution in [0.4, 0.5) is 0 Å². The summed E-state index contributed by atoms with van der Waals surface area (Å²) in [5, 5.41) is 3.55. The van der Waals surface area contributed by atoms with Crippen LogP contribution in [-0.4, -0.2) is 59.9 Å². The Bertz CT molecular complexity index is 375. The molecular formula is C15H25N3O2. The highest BCUT2D eigenvalue weighted by atomic mass is 16.2. The molecular weight excluding hydrogens is 254 g/mol. The zero-order valence-electron chi connectivity index (χ0n) is 12.1. The third-order valence-electron chi connectivity index (χ3n) is 4.64. The first kappa shape index (κ1) is 14.0. The predicted octanol–water partition coefficient (Wildman–Crippen LogP) is 0.742. The summed E-state index contributed by atoms with van der Waals surface area (Å²) in [5.41, 5.74) is 0. The van der Waals surface area contributed by atoms with Crippen LogP contribution < -0.4 is 5.32 Å². The Morgan fingerprint density at radius 2 is 2.10 bits per heavy atom. The van der Waals surface area contributed by atoms with Crippen LogP contribution >= 0.6 is 0 Å². The molecule has 3 aliphatic rings. The van der Waals surface area contributed by atoms with E-state index in [-0.39, 0.29) is 11.8 Å². The topological polar surface area (TPSA) is 52.7 Å². The minimum Gasteiger partial charge on any atom is -0.313 e. The van der Waals surface area contributed by atoms with Crippen molar-refractivity contribution in [1.82, 2.24) is 15.1 Å². The van der Waals surface area contributed by atoms with Crippen LogP contribution in [0.5, 0.6) is 0 Å². The number of rotatable bonds is 5.